The van der Waals surface area contributed by atoms with Crippen molar-refractivity contribution in [1.82, 2.24) is 19.7 Å². The van der Waals surface area contributed by atoms with Crippen LogP contribution in [-0.4, -0.2) is 50.5 Å². The van der Waals surface area contributed by atoms with Crippen LogP contribution in [0.2, 0.25) is 0 Å². The molecule has 9 heteroatoms. The number of fused-ring (bicyclic) bond motifs is 1. The summed E-state index contributed by atoms with van der Waals surface area (Å²) in [6.07, 6.45) is 2.86. The van der Waals surface area contributed by atoms with Gasteiger partial charge in [-0.15, -0.1) is 0 Å². The number of nitrogens with zero attached hydrogens (tertiary/aromatic N) is 4. The molecule has 1 aromatic carbocycles. The third-order valence-corrected chi connectivity index (χ3v) is 5.98. The van der Waals surface area contributed by atoms with Crippen LogP contribution in [-0.2, 0) is 18.3 Å². The maximum Gasteiger partial charge on any atom is 0.306 e. The highest BCUT2D eigenvalue weighted by molar-refractivity contribution is 5.80. The van der Waals surface area contributed by atoms with Crippen molar-refractivity contribution in [2.75, 3.05) is 24.6 Å². The first-order chi connectivity index (χ1) is 15.4. The van der Waals surface area contributed by atoms with E-state index in [0.717, 1.165) is 24.2 Å². The van der Waals surface area contributed by atoms with Crippen LogP contribution in [0.3, 0.4) is 0 Å². The maximum atomic E-state index is 12.9. The number of piperidine rings is 1. The van der Waals surface area contributed by atoms with Crippen LogP contribution in [0, 0.1) is 5.92 Å². The van der Waals surface area contributed by atoms with E-state index in [2.05, 4.69) is 21.9 Å². The van der Waals surface area contributed by atoms with Crippen molar-refractivity contribution in [2.24, 2.45) is 13.0 Å². The summed E-state index contributed by atoms with van der Waals surface area (Å²) in [5, 5.41) is 13.8. The lowest BCUT2D eigenvalue weighted by atomic mass is 9.96. The van der Waals surface area contributed by atoms with Crippen LogP contribution < -0.4 is 15.2 Å². The Labute approximate surface area is 186 Å². The summed E-state index contributed by atoms with van der Waals surface area (Å²) in [5.41, 5.74) is 3.30. The summed E-state index contributed by atoms with van der Waals surface area (Å²) >= 11 is 0. The number of hydrogen-bond acceptors (Lipinski definition) is 6. The molecule has 0 saturated carbocycles. The average molecular weight is 440 g/mol. The summed E-state index contributed by atoms with van der Waals surface area (Å²) in [6.45, 7) is 5.79. The van der Waals surface area contributed by atoms with Gasteiger partial charge in [0, 0.05) is 25.8 Å². The molecule has 170 valence electrons. The molecule has 1 saturated heterocycles. The first-order valence-corrected chi connectivity index (χ1v) is 11.1. The van der Waals surface area contributed by atoms with Gasteiger partial charge >= 0.3 is 5.97 Å². The van der Waals surface area contributed by atoms with Gasteiger partial charge in [-0.3, -0.25) is 14.3 Å². The molecule has 0 amide bonds. The Balaban J connectivity index is 1.77. The molecule has 9 nitrogen and oxygen atoms in total. The molecule has 0 spiro atoms. The number of rotatable bonds is 7. The van der Waals surface area contributed by atoms with Gasteiger partial charge in [0.05, 0.1) is 23.8 Å². The van der Waals surface area contributed by atoms with E-state index in [-0.39, 0.29) is 11.5 Å². The molecule has 3 aromatic rings. The fraction of sp³-hybridized carbons (Fsp3) is 0.478. The van der Waals surface area contributed by atoms with E-state index in [1.165, 1.54) is 0 Å². The van der Waals surface area contributed by atoms with Gasteiger partial charge in [0.15, 0.2) is 5.52 Å². The van der Waals surface area contributed by atoms with E-state index in [9.17, 15) is 14.7 Å². The van der Waals surface area contributed by atoms with Gasteiger partial charge in [0.1, 0.15) is 17.1 Å². The molecule has 0 bridgehead atoms. The summed E-state index contributed by atoms with van der Waals surface area (Å²) in [6, 6.07) is 5.82. The van der Waals surface area contributed by atoms with Crippen molar-refractivity contribution < 1.29 is 14.6 Å². The lowest BCUT2D eigenvalue weighted by Gasteiger charge is -2.32. The van der Waals surface area contributed by atoms with E-state index in [0.29, 0.717) is 60.7 Å². The summed E-state index contributed by atoms with van der Waals surface area (Å²) in [7, 11) is 1.76. The van der Waals surface area contributed by atoms with Crippen molar-refractivity contribution in [3.8, 4) is 17.1 Å². The third kappa shape index (κ3) is 4.06. The van der Waals surface area contributed by atoms with Crippen molar-refractivity contribution in [2.45, 2.75) is 39.5 Å². The minimum Gasteiger partial charge on any atom is -0.493 e. The Morgan fingerprint density at radius 1 is 1.28 bits per heavy atom. The second-order valence-corrected chi connectivity index (χ2v) is 8.15. The van der Waals surface area contributed by atoms with Crippen LogP contribution in [0.25, 0.3) is 22.4 Å². The van der Waals surface area contributed by atoms with E-state index in [4.69, 9.17) is 9.72 Å². The molecular formula is C23H29N5O4. The number of aromatic amines is 1. The topological polar surface area (TPSA) is 113 Å². The molecule has 0 unspecified atom stereocenters. The fourth-order valence-electron chi connectivity index (χ4n) is 4.35. The Hall–Kier alpha value is -3.36. The number of ether oxygens (including phenoxy) is 1. The van der Waals surface area contributed by atoms with Crippen LogP contribution in [0.15, 0.2) is 23.0 Å². The SMILES string of the molecule is CCCc1nn(C)c2c(=O)[nH]c(-c3cc(N4CCC(C(=O)O)CC4)ccc3OCC)nc12. The fourth-order valence-corrected chi connectivity index (χ4v) is 4.35. The van der Waals surface area contributed by atoms with Gasteiger partial charge in [0.25, 0.3) is 5.56 Å². The Bertz CT molecular complexity index is 1190. The van der Waals surface area contributed by atoms with Gasteiger partial charge < -0.3 is 19.7 Å². The monoisotopic (exact) mass is 439 g/mol. The molecule has 2 aromatic heterocycles. The second-order valence-electron chi connectivity index (χ2n) is 8.15. The number of aliphatic carboxylic acids is 1. The van der Waals surface area contributed by atoms with Crippen LogP contribution in [0.4, 0.5) is 5.69 Å². The minimum atomic E-state index is -0.730. The van der Waals surface area contributed by atoms with Crippen molar-refractivity contribution >= 4 is 22.7 Å². The van der Waals surface area contributed by atoms with E-state index >= 15 is 0 Å². The summed E-state index contributed by atoms with van der Waals surface area (Å²) < 4.78 is 7.42. The molecule has 1 aliphatic rings. The molecule has 0 atom stereocenters. The van der Waals surface area contributed by atoms with E-state index in [1.54, 1.807) is 11.7 Å². The number of carboxylic acid groups (broad SMARTS) is 1. The van der Waals surface area contributed by atoms with Crippen molar-refractivity contribution in [1.29, 1.82) is 0 Å². The minimum absolute atomic E-state index is 0.238. The lowest BCUT2D eigenvalue weighted by molar-refractivity contribution is -0.142. The quantitative estimate of drug-likeness (QED) is 0.582. The maximum absolute atomic E-state index is 12.9. The highest BCUT2D eigenvalue weighted by Gasteiger charge is 2.25. The standard InChI is InChI=1S/C23H29N5O4/c1-4-6-17-19-20(27(3)26-17)22(29)25-21(24-19)16-13-15(7-8-18(16)32-5-2)28-11-9-14(10-12-28)23(30)31/h7-8,13-14H,4-6,9-12H2,1-3H3,(H,30,31)(H,24,25,29). The number of anilines is 1. The molecule has 32 heavy (non-hydrogen) atoms. The van der Waals surface area contributed by atoms with E-state index < -0.39 is 5.97 Å². The molecule has 4 rings (SSSR count). The molecule has 3 heterocycles. The number of carboxylic acids is 1. The zero-order chi connectivity index (χ0) is 22.8. The molecular weight excluding hydrogens is 410 g/mol. The van der Waals surface area contributed by atoms with Crippen LogP contribution in [0.1, 0.15) is 38.8 Å². The molecule has 1 aliphatic heterocycles. The van der Waals surface area contributed by atoms with Crippen molar-refractivity contribution in [3.05, 3.63) is 34.2 Å². The lowest BCUT2D eigenvalue weighted by Crippen LogP contribution is -2.36. The van der Waals surface area contributed by atoms with Crippen molar-refractivity contribution in [3.63, 3.8) is 0 Å². The number of aromatic nitrogens is 4. The molecule has 0 radical (unpaired) electrons. The van der Waals surface area contributed by atoms with Crippen LogP contribution in [0.5, 0.6) is 5.75 Å². The first-order valence-electron chi connectivity index (χ1n) is 11.1. The number of H-pyrrole nitrogens is 1. The summed E-state index contributed by atoms with van der Waals surface area (Å²) in [5.74, 6) is 0.0570. The zero-order valence-electron chi connectivity index (χ0n) is 18.7. The number of aryl methyl sites for hydroxylation is 2. The van der Waals surface area contributed by atoms with Gasteiger partial charge in [-0.25, -0.2) is 4.98 Å². The first kappa shape index (κ1) is 21.9. The zero-order valence-corrected chi connectivity index (χ0v) is 18.7. The largest absolute Gasteiger partial charge is 0.493 e. The number of carbonyl (C=O) groups is 1. The normalized spacial score (nSPS) is 14.8. The summed E-state index contributed by atoms with van der Waals surface area (Å²) in [4.78, 5) is 34.1. The van der Waals surface area contributed by atoms with Gasteiger partial charge in [-0.05, 0) is 44.4 Å². The second kappa shape index (κ2) is 9.02. The molecule has 1 fully saturated rings. The number of benzene rings is 1. The molecule has 0 aliphatic carbocycles. The van der Waals surface area contributed by atoms with Gasteiger partial charge in [-0.1, -0.05) is 13.3 Å². The van der Waals surface area contributed by atoms with E-state index in [1.807, 2.05) is 25.1 Å². The Morgan fingerprint density at radius 2 is 2.03 bits per heavy atom. The van der Waals surface area contributed by atoms with Gasteiger partial charge in [0.2, 0.25) is 0 Å². The predicted octanol–water partition coefficient (Wildman–Crippen LogP) is 2.98. The van der Waals surface area contributed by atoms with Gasteiger partial charge in [-0.2, -0.15) is 5.10 Å². The smallest absolute Gasteiger partial charge is 0.306 e. The molecule has 2 N–H and O–H groups in total. The Morgan fingerprint density at radius 3 is 2.69 bits per heavy atom. The Kier molecular flexibility index (Phi) is 6.16. The average Bonchev–Trinajstić information content (AvgIpc) is 3.10. The predicted molar refractivity (Wildman–Crippen MR) is 122 cm³/mol. The highest BCUT2D eigenvalue weighted by atomic mass is 16.5. The number of nitrogens with one attached hydrogen (secondary N) is 1. The third-order valence-electron chi connectivity index (χ3n) is 5.98. The number of hydrogen-bond donors (Lipinski definition) is 2. The van der Waals surface area contributed by atoms with Crippen LogP contribution >= 0.6 is 0 Å². The highest BCUT2D eigenvalue weighted by Crippen LogP contribution is 2.34.